The Morgan fingerprint density at radius 3 is 2.16 bits per heavy atom. The highest BCUT2D eigenvalue weighted by Crippen LogP contribution is 2.37. The third-order valence-corrected chi connectivity index (χ3v) is 5.11. The molecule has 2 rings (SSSR count). The third kappa shape index (κ3) is 3.14. The molecule has 0 saturated carbocycles. The first-order valence-corrected chi connectivity index (χ1v) is 7.79. The maximum Gasteiger partial charge on any atom is 0.0241 e. The summed E-state index contributed by atoms with van der Waals surface area (Å²) in [5.74, 6) is 0. The van der Waals surface area contributed by atoms with E-state index in [2.05, 4.69) is 63.4 Å². The maximum atomic E-state index is 2.73. The SMILES string of the molecule is CN(C)C1CCN(C2CN(C(C)(C)C)C(C)(C)C2)C1. The van der Waals surface area contributed by atoms with Gasteiger partial charge < -0.3 is 4.90 Å². The van der Waals surface area contributed by atoms with E-state index in [1.54, 1.807) is 0 Å². The van der Waals surface area contributed by atoms with Crippen molar-refractivity contribution in [2.24, 2.45) is 0 Å². The first-order valence-electron chi connectivity index (χ1n) is 7.79. The van der Waals surface area contributed by atoms with Crippen molar-refractivity contribution < 1.29 is 0 Å². The van der Waals surface area contributed by atoms with Crippen LogP contribution in [0, 0.1) is 0 Å². The molecule has 0 aromatic carbocycles. The topological polar surface area (TPSA) is 9.72 Å². The highest BCUT2D eigenvalue weighted by atomic mass is 15.3. The van der Waals surface area contributed by atoms with Crippen molar-refractivity contribution in [3.05, 3.63) is 0 Å². The van der Waals surface area contributed by atoms with E-state index in [1.807, 2.05) is 0 Å². The molecule has 0 amide bonds. The van der Waals surface area contributed by atoms with Crippen molar-refractivity contribution in [1.82, 2.24) is 14.7 Å². The Labute approximate surface area is 119 Å². The molecule has 0 N–H and O–H groups in total. The Bertz CT molecular complexity index is 316. The molecule has 2 aliphatic rings. The van der Waals surface area contributed by atoms with Crippen LogP contribution in [0.15, 0.2) is 0 Å². The van der Waals surface area contributed by atoms with Crippen LogP contribution in [0.3, 0.4) is 0 Å². The van der Waals surface area contributed by atoms with E-state index < -0.39 is 0 Å². The van der Waals surface area contributed by atoms with Crippen LogP contribution in [0.4, 0.5) is 0 Å². The van der Waals surface area contributed by atoms with E-state index in [4.69, 9.17) is 0 Å². The van der Waals surface area contributed by atoms with Crippen molar-refractivity contribution in [2.75, 3.05) is 33.7 Å². The molecular formula is C16H33N3. The second-order valence-electron chi connectivity index (χ2n) is 8.35. The number of nitrogens with zero attached hydrogens (tertiary/aromatic N) is 3. The fourth-order valence-electron chi connectivity index (χ4n) is 4.16. The standard InChI is InChI=1S/C16H33N3/c1-15(2,3)19-12-14(10-16(19,4)5)18-9-8-13(11-18)17(6)7/h13-14H,8-12H2,1-7H3. The number of likely N-dealkylation sites (tertiary alicyclic amines) is 2. The molecule has 19 heavy (non-hydrogen) atoms. The molecule has 3 heteroatoms. The molecule has 0 spiro atoms. The minimum atomic E-state index is 0.277. The smallest absolute Gasteiger partial charge is 0.0241 e. The van der Waals surface area contributed by atoms with Crippen LogP contribution < -0.4 is 0 Å². The van der Waals surface area contributed by atoms with Crippen LogP contribution in [-0.4, -0.2) is 71.6 Å². The summed E-state index contributed by atoms with van der Waals surface area (Å²) < 4.78 is 0. The Hall–Kier alpha value is -0.120. The van der Waals surface area contributed by atoms with Crippen LogP contribution in [0.5, 0.6) is 0 Å². The lowest BCUT2D eigenvalue weighted by Gasteiger charge is -2.42. The quantitative estimate of drug-likeness (QED) is 0.760. The highest BCUT2D eigenvalue weighted by molar-refractivity contribution is 5.03. The summed E-state index contributed by atoms with van der Waals surface area (Å²) in [7, 11) is 4.43. The molecule has 2 atom stereocenters. The average Bonchev–Trinajstić information content (AvgIpc) is 2.79. The van der Waals surface area contributed by atoms with E-state index >= 15 is 0 Å². The number of rotatable bonds is 2. The van der Waals surface area contributed by atoms with Crippen LogP contribution >= 0.6 is 0 Å². The molecule has 2 saturated heterocycles. The molecule has 2 aliphatic heterocycles. The zero-order chi connectivity index (χ0) is 14.4. The second kappa shape index (κ2) is 5.01. The summed E-state index contributed by atoms with van der Waals surface area (Å²) in [5.41, 5.74) is 0.609. The van der Waals surface area contributed by atoms with Gasteiger partial charge in [-0.25, -0.2) is 0 Å². The van der Waals surface area contributed by atoms with Gasteiger partial charge in [-0.15, -0.1) is 0 Å². The van der Waals surface area contributed by atoms with Gasteiger partial charge in [-0.05, 0) is 61.6 Å². The molecule has 2 unspecified atom stereocenters. The molecule has 0 aromatic rings. The predicted octanol–water partition coefficient (Wildman–Crippen LogP) is 2.27. The summed E-state index contributed by atoms with van der Waals surface area (Å²) in [5, 5.41) is 0. The van der Waals surface area contributed by atoms with Gasteiger partial charge in [-0.3, -0.25) is 9.80 Å². The summed E-state index contributed by atoms with van der Waals surface area (Å²) in [4.78, 5) is 7.83. The van der Waals surface area contributed by atoms with Gasteiger partial charge in [-0.2, -0.15) is 0 Å². The predicted molar refractivity (Wildman–Crippen MR) is 82.6 cm³/mol. The molecule has 0 radical (unpaired) electrons. The fraction of sp³-hybridized carbons (Fsp3) is 1.00. The minimum Gasteiger partial charge on any atom is -0.305 e. The number of hydrogen-bond acceptors (Lipinski definition) is 3. The van der Waals surface area contributed by atoms with Crippen LogP contribution in [0.2, 0.25) is 0 Å². The first kappa shape index (κ1) is 15.3. The van der Waals surface area contributed by atoms with E-state index in [0.29, 0.717) is 5.54 Å². The van der Waals surface area contributed by atoms with Crippen molar-refractivity contribution >= 4 is 0 Å². The van der Waals surface area contributed by atoms with Crippen molar-refractivity contribution in [3.8, 4) is 0 Å². The largest absolute Gasteiger partial charge is 0.305 e. The molecule has 0 aromatic heterocycles. The third-order valence-electron chi connectivity index (χ3n) is 5.11. The Morgan fingerprint density at radius 1 is 1.11 bits per heavy atom. The highest BCUT2D eigenvalue weighted by Gasteiger charge is 2.46. The summed E-state index contributed by atoms with van der Waals surface area (Å²) in [6.07, 6.45) is 2.64. The van der Waals surface area contributed by atoms with Gasteiger partial charge in [0.25, 0.3) is 0 Å². The van der Waals surface area contributed by atoms with E-state index in [-0.39, 0.29) is 5.54 Å². The lowest BCUT2D eigenvalue weighted by atomic mass is 9.95. The van der Waals surface area contributed by atoms with Gasteiger partial charge in [0.15, 0.2) is 0 Å². The van der Waals surface area contributed by atoms with Gasteiger partial charge in [0.1, 0.15) is 0 Å². The summed E-state index contributed by atoms with van der Waals surface area (Å²) >= 11 is 0. The van der Waals surface area contributed by atoms with E-state index in [9.17, 15) is 0 Å². The number of likely N-dealkylation sites (N-methyl/N-ethyl adjacent to an activating group) is 1. The Morgan fingerprint density at radius 2 is 1.74 bits per heavy atom. The fourth-order valence-corrected chi connectivity index (χ4v) is 4.16. The van der Waals surface area contributed by atoms with Gasteiger partial charge in [-0.1, -0.05) is 0 Å². The lowest BCUT2D eigenvalue weighted by Crippen LogP contribution is -2.50. The zero-order valence-corrected chi connectivity index (χ0v) is 14.0. The monoisotopic (exact) mass is 267 g/mol. The average molecular weight is 267 g/mol. The summed E-state index contributed by atoms with van der Waals surface area (Å²) in [6, 6.07) is 1.51. The molecular weight excluding hydrogens is 234 g/mol. The lowest BCUT2D eigenvalue weighted by molar-refractivity contribution is 0.0657. The van der Waals surface area contributed by atoms with Crippen LogP contribution in [0.1, 0.15) is 47.5 Å². The Balaban J connectivity index is 2.02. The minimum absolute atomic E-state index is 0.277. The van der Waals surface area contributed by atoms with Gasteiger partial charge in [0.2, 0.25) is 0 Å². The normalized spacial score (nSPS) is 33.5. The molecule has 0 aliphatic carbocycles. The molecule has 2 fully saturated rings. The van der Waals surface area contributed by atoms with Gasteiger partial charge in [0, 0.05) is 42.8 Å². The van der Waals surface area contributed by atoms with E-state index in [0.717, 1.165) is 12.1 Å². The van der Waals surface area contributed by atoms with Crippen molar-refractivity contribution in [2.45, 2.75) is 70.6 Å². The maximum absolute atomic E-state index is 2.73. The molecule has 112 valence electrons. The first-order chi connectivity index (χ1) is 8.61. The Kier molecular flexibility index (Phi) is 4.03. The van der Waals surface area contributed by atoms with Crippen molar-refractivity contribution in [3.63, 3.8) is 0 Å². The van der Waals surface area contributed by atoms with Crippen molar-refractivity contribution in [1.29, 1.82) is 0 Å². The van der Waals surface area contributed by atoms with E-state index in [1.165, 1.54) is 32.5 Å². The summed E-state index contributed by atoms with van der Waals surface area (Å²) in [6.45, 7) is 15.6. The molecule has 0 bridgehead atoms. The van der Waals surface area contributed by atoms with Crippen LogP contribution in [0.25, 0.3) is 0 Å². The van der Waals surface area contributed by atoms with Gasteiger partial charge >= 0.3 is 0 Å². The van der Waals surface area contributed by atoms with Crippen LogP contribution in [-0.2, 0) is 0 Å². The second-order valence-corrected chi connectivity index (χ2v) is 8.35. The molecule has 2 heterocycles. The molecule has 3 nitrogen and oxygen atoms in total. The number of hydrogen-bond donors (Lipinski definition) is 0. The zero-order valence-electron chi connectivity index (χ0n) is 14.0. The van der Waals surface area contributed by atoms with Gasteiger partial charge in [0.05, 0.1) is 0 Å².